The highest BCUT2D eigenvalue weighted by atomic mass is 16.5. The maximum atomic E-state index is 7.51. The fourth-order valence-corrected chi connectivity index (χ4v) is 0.130. The predicted octanol–water partition coefficient (Wildman–Crippen LogP) is 1.74. The van der Waals surface area contributed by atoms with Crippen molar-refractivity contribution < 1.29 is 4.74 Å². The highest BCUT2D eigenvalue weighted by Gasteiger charge is 1.99. The minimum Gasteiger partial charge on any atom is -0.458 e. The molecule has 1 aliphatic rings. The van der Waals surface area contributed by atoms with Gasteiger partial charge < -0.3 is 4.74 Å². The summed E-state index contributed by atoms with van der Waals surface area (Å²) in [6.45, 7) is 6.55. The van der Waals surface area contributed by atoms with Crippen molar-refractivity contribution in [2.24, 2.45) is 0 Å². The molecule has 0 saturated heterocycles. The molecule has 0 saturated carbocycles. The fraction of sp³-hybridized carbons (Fsp3) is 0. The van der Waals surface area contributed by atoms with Crippen LogP contribution in [-0.4, -0.2) is 0 Å². The van der Waals surface area contributed by atoms with Gasteiger partial charge >= 0.3 is 0 Å². The van der Waals surface area contributed by atoms with Gasteiger partial charge in [0.1, 0.15) is 6.26 Å². The lowest BCUT2D eigenvalue weighted by molar-refractivity contribution is 0.516. The number of rotatable bonds is 1. The Kier molecular flexibility index (Phi) is 3.89. The van der Waals surface area contributed by atoms with Crippen molar-refractivity contribution in [2.45, 2.75) is 0 Å². The summed E-state index contributed by atoms with van der Waals surface area (Å²) in [5.74, 6) is 0.894. The van der Waals surface area contributed by atoms with E-state index in [2.05, 4.69) is 17.9 Å². The molecule has 2 nitrogen and oxygen atoms in total. The maximum absolute atomic E-state index is 7.51. The Morgan fingerprint density at radius 2 is 2.11 bits per heavy atom. The second-order valence-electron chi connectivity index (χ2n) is 1.18. The molecule has 0 aromatic heterocycles. The van der Waals surface area contributed by atoms with Crippen molar-refractivity contribution in [3.63, 3.8) is 0 Å². The van der Waals surface area contributed by atoms with E-state index >= 15 is 0 Å². The summed E-state index contributed by atoms with van der Waals surface area (Å²) in [6.07, 6.45) is 4.49. The lowest BCUT2D eigenvalue weighted by Gasteiger charge is -1.58. The number of nitrogens with zero attached hydrogens (tertiary/aromatic N) is 1. The predicted molar refractivity (Wildman–Crippen MR) is 35.2 cm³/mol. The first kappa shape index (κ1) is 7.51. The first-order valence-corrected chi connectivity index (χ1v) is 2.35. The maximum Gasteiger partial charge on any atom is 0.161 e. The van der Waals surface area contributed by atoms with Crippen molar-refractivity contribution in [3.05, 3.63) is 37.3 Å². The van der Waals surface area contributed by atoms with Gasteiger partial charge in [0.25, 0.3) is 0 Å². The van der Waals surface area contributed by atoms with Gasteiger partial charge in [0.2, 0.25) is 0 Å². The molecule has 0 N–H and O–H groups in total. The molecule has 2 heteroatoms. The Labute approximate surface area is 54.4 Å². The van der Waals surface area contributed by atoms with E-state index < -0.39 is 0 Å². The van der Waals surface area contributed by atoms with Crippen molar-refractivity contribution >= 4 is 0 Å². The highest BCUT2D eigenvalue weighted by Crippen LogP contribution is 2.11. The molecule has 0 amide bonds. The van der Waals surface area contributed by atoms with Crippen LogP contribution in [0.2, 0.25) is 0 Å². The molecule has 1 heterocycles. The Morgan fingerprint density at radius 1 is 1.67 bits per heavy atom. The van der Waals surface area contributed by atoms with Gasteiger partial charge in [0.05, 0.1) is 6.07 Å². The Bertz CT molecular complexity index is 171. The Hall–Kier alpha value is -1.49. The van der Waals surface area contributed by atoms with E-state index in [0.717, 1.165) is 5.76 Å². The first-order valence-electron chi connectivity index (χ1n) is 2.35. The number of ether oxygens (including phenoxy) is 1. The van der Waals surface area contributed by atoms with E-state index in [-0.39, 0.29) is 0 Å². The summed E-state index contributed by atoms with van der Waals surface area (Å²) in [5, 5.41) is 7.51. The summed E-state index contributed by atoms with van der Waals surface area (Å²) in [4.78, 5) is 0. The van der Waals surface area contributed by atoms with Gasteiger partial charge in [-0.25, -0.2) is 0 Å². The average Bonchev–Trinajstić information content (AvgIpc) is 2.70. The van der Waals surface area contributed by atoms with Crippen molar-refractivity contribution in [3.8, 4) is 6.07 Å². The molecule has 46 valence electrons. The van der Waals surface area contributed by atoms with Gasteiger partial charge in [-0.2, -0.15) is 5.26 Å². The van der Waals surface area contributed by atoms with E-state index in [1.54, 1.807) is 18.4 Å². The first-order chi connectivity index (χ1) is 4.35. The standard InChI is InChI=1S/C4H4O.C3H3N/c1-2-4-3-5-4;1-2-3-4/h2-3H,1H2;2H,1H2. The van der Waals surface area contributed by atoms with Gasteiger partial charge in [-0.3, -0.25) is 0 Å². The van der Waals surface area contributed by atoms with E-state index in [1.807, 2.05) is 0 Å². The van der Waals surface area contributed by atoms with Crippen LogP contribution >= 0.6 is 0 Å². The summed E-state index contributed by atoms with van der Waals surface area (Å²) in [5.41, 5.74) is 0. The molecule has 0 aromatic rings. The minimum atomic E-state index is 0.894. The van der Waals surface area contributed by atoms with Crippen LogP contribution < -0.4 is 0 Å². The summed E-state index contributed by atoms with van der Waals surface area (Å²) < 4.78 is 4.53. The quantitative estimate of drug-likeness (QED) is 0.495. The SMILES string of the molecule is C=CC#N.C=CC1=CO1. The van der Waals surface area contributed by atoms with E-state index in [9.17, 15) is 0 Å². The molecule has 0 aromatic carbocycles. The second kappa shape index (κ2) is 4.66. The molecule has 0 bridgehead atoms. The van der Waals surface area contributed by atoms with E-state index in [4.69, 9.17) is 5.26 Å². The molecule has 1 rings (SSSR count). The number of nitriles is 1. The lowest BCUT2D eigenvalue weighted by atomic mass is 10.6. The minimum absolute atomic E-state index is 0.894. The van der Waals surface area contributed by atoms with Crippen LogP contribution in [-0.2, 0) is 4.74 Å². The summed E-state index contributed by atoms with van der Waals surface area (Å²) in [7, 11) is 0. The van der Waals surface area contributed by atoms with Crippen LogP contribution in [0.25, 0.3) is 0 Å². The fourth-order valence-electron chi connectivity index (χ4n) is 0.130. The van der Waals surface area contributed by atoms with Crippen LogP contribution in [0.5, 0.6) is 0 Å². The zero-order valence-electron chi connectivity index (χ0n) is 5.00. The van der Waals surface area contributed by atoms with Crippen LogP contribution in [0.4, 0.5) is 0 Å². The van der Waals surface area contributed by atoms with Gasteiger partial charge in [-0.05, 0) is 6.08 Å². The Balaban J connectivity index is 0.000000148. The number of hydrogen-bond donors (Lipinski definition) is 0. The molecule has 0 spiro atoms. The van der Waals surface area contributed by atoms with Crippen molar-refractivity contribution in [1.29, 1.82) is 5.26 Å². The average molecular weight is 121 g/mol. The smallest absolute Gasteiger partial charge is 0.161 e. The van der Waals surface area contributed by atoms with Crippen LogP contribution in [0.1, 0.15) is 0 Å². The molecule has 0 radical (unpaired) electrons. The largest absolute Gasteiger partial charge is 0.458 e. The van der Waals surface area contributed by atoms with Gasteiger partial charge in [-0.1, -0.05) is 13.2 Å². The third kappa shape index (κ3) is 6.51. The van der Waals surface area contributed by atoms with Gasteiger partial charge in [-0.15, -0.1) is 0 Å². The number of hydrogen-bond acceptors (Lipinski definition) is 2. The third-order valence-electron chi connectivity index (χ3n) is 0.546. The van der Waals surface area contributed by atoms with Crippen molar-refractivity contribution in [1.82, 2.24) is 0 Å². The third-order valence-corrected chi connectivity index (χ3v) is 0.546. The van der Waals surface area contributed by atoms with E-state index in [1.165, 1.54) is 6.08 Å². The number of allylic oxidation sites excluding steroid dienone is 2. The normalized spacial score (nSPS) is 10.3. The summed E-state index contributed by atoms with van der Waals surface area (Å²) in [6, 6.07) is 1.69. The molecule has 9 heavy (non-hydrogen) atoms. The molecule has 0 atom stereocenters. The molecule has 0 aliphatic carbocycles. The molecule has 1 aliphatic heterocycles. The van der Waals surface area contributed by atoms with E-state index in [0.29, 0.717) is 0 Å². The zero-order chi connectivity index (χ0) is 7.11. The Morgan fingerprint density at radius 3 is 2.11 bits per heavy atom. The summed E-state index contributed by atoms with van der Waals surface area (Å²) >= 11 is 0. The second-order valence-corrected chi connectivity index (χ2v) is 1.18. The van der Waals surface area contributed by atoms with Gasteiger partial charge in [0, 0.05) is 6.08 Å². The topological polar surface area (TPSA) is 36.3 Å². The molecular weight excluding hydrogens is 114 g/mol. The van der Waals surface area contributed by atoms with Crippen LogP contribution in [0.3, 0.4) is 0 Å². The highest BCUT2D eigenvalue weighted by molar-refractivity contribution is 5.16. The lowest BCUT2D eigenvalue weighted by Crippen LogP contribution is -1.40. The zero-order valence-corrected chi connectivity index (χ0v) is 5.00. The molecule has 0 unspecified atom stereocenters. The molecule has 0 fully saturated rings. The monoisotopic (exact) mass is 121 g/mol. The van der Waals surface area contributed by atoms with Crippen LogP contribution in [0.15, 0.2) is 37.3 Å². The van der Waals surface area contributed by atoms with Gasteiger partial charge in [0.15, 0.2) is 5.76 Å². The van der Waals surface area contributed by atoms with Crippen molar-refractivity contribution in [2.75, 3.05) is 0 Å². The molecular formula is C7H7NO. The van der Waals surface area contributed by atoms with Crippen LogP contribution in [0, 0.1) is 11.3 Å².